The summed E-state index contributed by atoms with van der Waals surface area (Å²) in [5.41, 5.74) is 2.67. The van der Waals surface area contributed by atoms with Gasteiger partial charge in [-0.3, -0.25) is 10.3 Å². The van der Waals surface area contributed by atoms with E-state index in [4.69, 9.17) is 4.42 Å². The van der Waals surface area contributed by atoms with E-state index in [1.54, 1.807) is 30.3 Å². The van der Waals surface area contributed by atoms with E-state index in [0.717, 1.165) is 16.8 Å². The van der Waals surface area contributed by atoms with Crippen molar-refractivity contribution in [3.63, 3.8) is 0 Å². The lowest BCUT2D eigenvalue weighted by molar-refractivity contribution is 0.251. The van der Waals surface area contributed by atoms with Gasteiger partial charge in [0.1, 0.15) is 0 Å². The minimum absolute atomic E-state index is 0.288. The molecule has 0 bridgehead atoms. The molecule has 0 saturated carbocycles. The summed E-state index contributed by atoms with van der Waals surface area (Å²) in [5.74, 6) is 0. The molecule has 0 aliphatic heterocycles. The van der Waals surface area contributed by atoms with Crippen molar-refractivity contribution in [2.75, 3.05) is 5.32 Å². The van der Waals surface area contributed by atoms with Crippen LogP contribution in [0.2, 0.25) is 0 Å². The Morgan fingerprint density at radius 3 is 2.90 bits per heavy atom. The van der Waals surface area contributed by atoms with E-state index in [1.165, 1.54) is 11.3 Å². The average Bonchev–Trinajstić information content (AvgIpc) is 3.19. The molecule has 0 spiro atoms. The molecule has 21 heavy (non-hydrogen) atoms. The summed E-state index contributed by atoms with van der Waals surface area (Å²) in [6, 6.07) is 5.37. The molecule has 0 unspecified atom stereocenters. The summed E-state index contributed by atoms with van der Waals surface area (Å²) in [7, 11) is 0. The first-order valence-electron chi connectivity index (χ1n) is 6.23. The number of aromatic nitrogens is 2. The maximum absolute atomic E-state index is 11.6. The standard InChI is InChI=1S/C14H12N4O2S/c19-13(18-14-15-4-6-21-14)17-8-10-1-2-12(16-7-10)11-3-5-20-9-11/h1-7,9H,8H2,(H2,15,17,18,19). The van der Waals surface area contributed by atoms with Crippen molar-refractivity contribution in [2.24, 2.45) is 0 Å². The lowest BCUT2D eigenvalue weighted by atomic mass is 10.2. The molecule has 0 aliphatic carbocycles. The molecule has 0 fully saturated rings. The number of furan rings is 1. The predicted octanol–water partition coefficient (Wildman–Crippen LogP) is 3.12. The molecule has 106 valence electrons. The van der Waals surface area contributed by atoms with E-state index in [1.807, 2.05) is 18.2 Å². The van der Waals surface area contributed by atoms with Gasteiger partial charge < -0.3 is 9.73 Å². The summed E-state index contributed by atoms with van der Waals surface area (Å²) >= 11 is 1.37. The lowest BCUT2D eigenvalue weighted by Crippen LogP contribution is -2.28. The highest BCUT2D eigenvalue weighted by molar-refractivity contribution is 7.13. The second-order valence-electron chi connectivity index (χ2n) is 4.21. The summed E-state index contributed by atoms with van der Waals surface area (Å²) < 4.78 is 5.02. The number of pyridine rings is 1. The number of carbonyl (C=O) groups excluding carboxylic acids is 1. The number of nitrogens with zero attached hydrogens (tertiary/aromatic N) is 2. The van der Waals surface area contributed by atoms with E-state index in [2.05, 4.69) is 20.6 Å². The number of thiazole rings is 1. The third-order valence-electron chi connectivity index (χ3n) is 2.75. The first-order chi connectivity index (χ1) is 10.3. The molecule has 0 aromatic carbocycles. The quantitative estimate of drug-likeness (QED) is 0.775. The van der Waals surface area contributed by atoms with Crippen molar-refractivity contribution in [2.45, 2.75) is 6.54 Å². The van der Waals surface area contributed by atoms with E-state index in [-0.39, 0.29) is 6.03 Å². The fourth-order valence-corrected chi connectivity index (χ4v) is 2.24. The third kappa shape index (κ3) is 3.46. The molecular formula is C14H12N4O2S. The molecule has 2 amide bonds. The molecular weight excluding hydrogens is 288 g/mol. The smallest absolute Gasteiger partial charge is 0.321 e. The first kappa shape index (κ1) is 13.3. The van der Waals surface area contributed by atoms with E-state index < -0.39 is 0 Å². The molecule has 0 aliphatic rings. The Kier molecular flexibility index (Phi) is 3.92. The van der Waals surface area contributed by atoms with Gasteiger partial charge in [-0.1, -0.05) is 6.07 Å². The van der Waals surface area contributed by atoms with Crippen LogP contribution in [-0.4, -0.2) is 16.0 Å². The van der Waals surface area contributed by atoms with Crippen LogP contribution in [0.4, 0.5) is 9.93 Å². The minimum atomic E-state index is -0.288. The fraction of sp³-hybridized carbons (Fsp3) is 0.0714. The Morgan fingerprint density at radius 1 is 1.29 bits per heavy atom. The average molecular weight is 300 g/mol. The van der Waals surface area contributed by atoms with E-state index >= 15 is 0 Å². The van der Waals surface area contributed by atoms with Gasteiger partial charge in [-0.25, -0.2) is 9.78 Å². The maximum Gasteiger partial charge on any atom is 0.321 e. The summed E-state index contributed by atoms with van der Waals surface area (Å²) in [6.07, 6.45) is 6.61. The summed E-state index contributed by atoms with van der Waals surface area (Å²) in [5, 5.41) is 7.77. The van der Waals surface area contributed by atoms with Crippen molar-refractivity contribution in [3.05, 3.63) is 54.1 Å². The Hall–Kier alpha value is -2.67. The Balaban J connectivity index is 1.55. The predicted molar refractivity (Wildman–Crippen MR) is 79.9 cm³/mol. The molecule has 3 heterocycles. The zero-order valence-corrected chi connectivity index (χ0v) is 11.8. The highest BCUT2D eigenvalue weighted by Gasteiger charge is 2.04. The van der Waals surface area contributed by atoms with Crippen LogP contribution >= 0.6 is 11.3 Å². The molecule has 0 radical (unpaired) electrons. The topological polar surface area (TPSA) is 80.0 Å². The molecule has 0 atom stereocenters. The van der Waals surface area contributed by atoms with Gasteiger partial charge in [0.05, 0.1) is 18.2 Å². The van der Waals surface area contributed by atoms with Crippen molar-refractivity contribution in [3.8, 4) is 11.3 Å². The third-order valence-corrected chi connectivity index (χ3v) is 3.44. The normalized spacial score (nSPS) is 10.3. The van der Waals surface area contributed by atoms with Crippen LogP contribution in [-0.2, 0) is 6.54 Å². The van der Waals surface area contributed by atoms with Crippen LogP contribution in [0.15, 0.2) is 52.9 Å². The number of hydrogen-bond donors (Lipinski definition) is 2. The van der Waals surface area contributed by atoms with Crippen molar-refractivity contribution >= 4 is 22.5 Å². The number of hydrogen-bond acceptors (Lipinski definition) is 5. The SMILES string of the molecule is O=C(NCc1ccc(-c2ccoc2)nc1)Nc1nccs1. The molecule has 3 aromatic heterocycles. The van der Waals surface area contributed by atoms with Crippen molar-refractivity contribution in [1.82, 2.24) is 15.3 Å². The molecule has 0 saturated heterocycles. The Morgan fingerprint density at radius 2 is 2.24 bits per heavy atom. The van der Waals surface area contributed by atoms with Crippen LogP contribution in [0.3, 0.4) is 0 Å². The van der Waals surface area contributed by atoms with Crippen molar-refractivity contribution in [1.29, 1.82) is 0 Å². The van der Waals surface area contributed by atoms with Crippen LogP contribution in [0, 0.1) is 0 Å². The largest absolute Gasteiger partial charge is 0.472 e. The van der Waals surface area contributed by atoms with Crippen LogP contribution in [0.5, 0.6) is 0 Å². The first-order valence-corrected chi connectivity index (χ1v) is 7.11. The highest BCUT2D eigenvalue weighted by atomic mass is 32.1. The van der Waals surface area contributed by atoms with Gasteiger partial charge in [0.25, 0.3) is 0 Å². The van der Waals surface area contributed by atoms with Crippen LogP contribution < -0.4 is 10.6 Å². The number of amides is 2. The van der Waals surface area contributed by atoms with Gasteiger partial charge in [-0.05, 0) is 17.7 Å². The van der Waals surface area contributed by atoms with Gasteiger partial charge in [0, 0.05) is 29.9 Å². The van der Waals surface area contributed by atoms with E-state index in [9.17, 15) is 4.79 Å². The number of anilines is 1. The molecule has 3 aromatic rings. The molecule has 6 nitrogen and oxygen atoms in total. The van der Waals surface area contributed by atoms with E-state index in [0.29, 0.717) is 11.7 Å². The van der Waals surface area contributed by atoms with Gasteiger partial charge in [0.15, 0.2) is 5.13 Å². The number of nitrogens with one attached hydrogen (secondary N) is 2. The molecule has 3 rings (SSSR count). The zero-order valence-electron chi connectivity index (χ0n) is 10.9. The number of urea groups is 1. The van der Waals surface area contributed by atoms with Gasteiger partial charge >= 0.3 is 6.03 Å². The lowest BCUT2D eigenvalue weighted by Gasteiger charge is -2.05. The summed E-state index contributed by atoms with van der Waals surface area (Å²) in [4.78, 5) is 20.0. The zero-order chi connectivity index (χ0) is 14.5. The second kappa shape index (κ2) is 6.19. The van der Waals surface area contributed by atoms with Crippen molar-refractivity contribution < 1.29 is 9.21 Å². The second-order valence-corrected chi connectivity index (χ2v) is 5.10. The molecule has 2 N–H and O–H groups in total. The van der Waals surface area contributed by atoms with Crippen LogP contribution in [0.25, 0.3) is 11.3 Å². The maximum atomic E-state index is 11.6. The Labute approximate surface area is 124 Å². The number of rotatable bonds is 4. The Bertz CT molecular complexity index is 693. The fourth-order valence-electron chi connectivity index (χ4n) is 1.72. The molecule has 7 heteroatoms. The summed E-state index contributed by atoms with van der Waals surface area (Å²) in [6.45, 7) is 0.399. The minimum Gasteiger partial charge on any atom is -0.472 e. The van der Waals surface area contributed by atoms with Crippen LogP contribution in [0.1, 0.15) is 5.56 Å². The van der Waals surface area contributed by atoms with Gasteiger partial charge in [-0.15, -0.1) is 11.3 Å². The number of carbonyl (C=O) groups is 1. The van der Waals surface area contributed by atoms with Gasteiger partial charge in [0.2, 0.25) is 0 Å². The van der Waals surface area contributed by atoms with Gasteiger partial charge in [-0.2, -0.15) is 0 Å². The highest BCUT2D eigenvalue weighted by Crippen LogP contribution is 2.17. The monoisotopic (exact) mass is 300 g/mol.